The first-order valence-electron chi connectivity index (χ1n) is 4.91. The highest BCUT2D eigenvalue weighted by Crippen LogP contribution is 2.54. The zero-order valence-corrected chi connectivity index (χ0v) is 8.75. The van der Waals surface area contributed by atoms with E-state index >= 15 is 0 Å². The number of hydrogen-bond acceptors (Lipinski definition) is 4. The lowest BCUT2D eigenvalue weighted by atomic mass is 10.1. The van der Waals surface area contributed by atoms with Crippen molar-refractivity contribution < 1.29 is 14.5 Å². The molecule has 0 radical (unpaired) electrons. The Bertz CT molecular complexity index is 431. The number of benzene rings is 1. The molecule has 0 N–H and O–H groups in total. The van der Waals surface area contributed by atoms with Gasteiger partial charge in [-0.25, -0.2) is 4.79 Å². The number of methoxy groups -OCH3 is 1. The van der Waals surface area contributed by atoms with Gasteiger partial charge in [0.15, 0.2) is 0 Å². The molecule has 1 saturated carbocycles. The fourth-order valence-corrected chi connectivity index (χ4v) is 2.01. The SMILES string of the molecule is COC(=O)[C@@]1([N+](=O)[O-])C[C@@H]1c1ccccc1. The number of esters is 1. The minimum atomic E-state index is -1.56. The topological polar surface area (TPSA) is 69.4 Å². The van der Waals surface area contributed by atoms with Gasteiger partial charge in [-0.3, -0.25) is 10.1 Å². The van der Waals surface area contributed by atoms with Crippen molar-refractivity contribution >= 4 is 5.97 Å². The molecule has 0 unspecified atom stereocenters. The van der Waals surface area contributed by atoms with E-state index < -0.39 is 16.4 Å². The van der Waals surface area contributed by atoms with Crippen LogP contribution in [0.25, 0.3) is 0 Å². The summed E-state index contributed by atoms with van der Waals surface area (Å²) in [5.74, 6) is -1.12. The summed E-state index contributed by atoms with van der Waals surface area (Å²) in [7, 11) is 1.17. The second kappa shape index (κ2) is 3.59. The van der Waals surface area contributed by atoms with Crippen LogP contribution in [0.5, 0.6) is 0 Å². The summed E-state index contributed by atoms with van der Waals surface area (Å²) >= 11 is 0. The molecular weight excluding hydrogens is 210 g/mol. The molecule has 84 valence electrons. The molecule has 0 aliphatic heterocycles. The molecule has 5 nitrogen and oxygen atoms in total. The number of carbonyl (C=O) groups is 1. The smallest absolute Gasteiger partial charge is 0.385 e. The molecule has 1 aromatic carbocycles. The van der Waals surface area contributed by atoms with Crippen LogP contribution in [0.2, 0.25) is 0 Å². The zero-order valence-electron chi connectivity index (χ0n) is 8.75. The van der Waals surface area contributed by atoms with Gasteiger partial charge in [-0.15, -0.1) is 0 Å². The summed E-state index contributed by atoms with van der Waals surface area (Å²) in [6.07, 6.45) is 0.219. The van der Waals surface area contributed by atoms with Gasteiger partial charge in [0.2, 0.25) is 0 Å². The van der Waals surface area contributed by atoms with Gasteiger partial charge in [0.25, 0.3) is 0 Å². The third-order valence-corrected chi connectivity index (χ3v) is 3.00. The van der Waals surface area contributed by atoms with Gasteiger partial charge < -0.3 is 4.74 Å². The first-order chi connectivity index (χ1) is 7.63. The molecular formula is C11H11NO4. The van der Waals surface area contributed by atoms with E-state index in [1.54, 1.807) is 24.3 Å². The van der Waals surface area contributed by atoms with E-state index in [4.69, 9.17) is 0 Å². The van der Waals surface area contributed by atoms with Gasteiger partial charge in [-0.1, -0.05) is 30.3 Å². The number of nitro groups is 1. The van der Waals surface area contributed by atoms with Crippen molar-refractivity contribution in [2.75, 3.05) is 7.11 Å². The van der Waals surface area contributed by atoms with Crippen molar-refractivity contribution in [3.8, 4) is 0 Å². The van der Waals surface area contributed by atoms with Crippen LogP contribution in [0.1, 0.15) is 17.9 Å². The molecule has 2 atom stereocenters. The van der Waals surface area contributed by atoms with Crippen LogP contribution >= 0.6 is 0 Å². The quantitative estimate of drug-likeness (QED) is 0.439. The number of nitrogens with zero attached hydrogens (tertiary/aromatic N) is 1. The summed E-state index contributed by atoms with van der Waals surface area (Å²) in [6.45, 7) is 0. The molecule has 1 fully saturated rings. The maximum atomic E-state index is 11.5. The Morgan fingerprint density at radius 2 is 2.12 bits per heavy atom. The predicted molar refractivity (Wildman–Crippen MR) is 55.5 cm³/mol. The highest BCUT2D eigenvalue weighted by Gasteiger charge is 2.73. The van der Waals surface area contributed by atoms with E-state index in [0.717, 1.165) is 5.56 Å². The predicted octanol–water partition coefficient (Wildman–Crippen LogP) is 1.36. The first kappa shape index (κ1) is 10.6. The Morgan fingerprint density at radius 1 is 1.50 bits per heavy atom. The van der Waals surface area contributed by atoms with E-state index in [0.29, 0.717) is 0 Å². The van der Waals surface area contributed by atoms with Crippen molar-refractivity contribution in [3.05, 3.63) is 46.0 Å². The fourth-order valence-electron chi connectivity index (χ4n) is 2.01. The van der Waals surface area contributed by atoms with E-state index in [1.165, 1.54) is 7.11 Å². The van der Waals surface area contributed by atoms with Gasteiger partial charge in [-0.05, 0) is 5.56 Å². The third kappa shape index (κ3) is 1.36. The average molecular weight is 221 g/mol. The van der Waals surface area contributed by atoms with Crippen LogP contribution in [0.3, 0.4) is 0 Å². The molecule has 5 heteroatoms. The van der Waals surface area contributed by atoms with Crippen molar-refractivity contribution in [1.29, 1.82) is 0 Å². The van der Waals surface area contributed by atoms with Crippen LogP contribution < -0.4 is 0 Å². The summed E-state index contributed by atoms with van der Waals surface area (Å²) in [5, 5.41) is 11.0. The summed E-state index contributed by atoms with van der Waals surface area (Å²) in [4.78, 5) is 21.9. The minimum Gasteiger partial charge on any atom is -0.464 e. The second-order valence-electron chi connectivity index (χ2n) is 3.84. The Hall–Kier alpha value is -1.91. The van der Waals surface area contributed by atoms with Crippen molar-refractivity contribution in [3.63, 3.8) is 0 Å². The van der Waals surface area contributed by atoms with Crippen LogP contribution in [0.4, 0.5) is 0 Å². The molecule has 1 aliphatic carbocycles. The van der Waals surface area contributed by atoms with E-state index in [2.05, 4.69) is 4.74 Å². The third-order valence-electron chi connectivity index (χ3n) is 3.00. The first-order valence-corrected chi connectivity index (χ1v) is 4.91. The monoisotopic (exact) mass is 221 g/mol. The summed E-state index contributed by atoms with van der Waals surface area (Å²) in [6, 6.07) is 9.01. The largest absolute Gasteiger partial charge is 0.464 e. The van der Waals surface area contributed by atoms with Crippen molar-refractivity contribution in [2.24, 2.45) is 0 Å². The van der Waals surface area contributed by atoms with Gasteiger partial charge in [0.05, 0.1) is 13.0 Å². The Morgan fingerprint density at radius 3 is 2.62 bits per heavy atom. The van der Waals surface area contributed by atoms with Crippen molar-refractivity contribution in [2.45, 2.75) is 17.9 Å². The number of ether oxygens (including phenoxy) is 1. The molecule has 1 aliphatic rings. The zero-order chi connectivity index (χ0) is 11.8. The minimum absolute atomic E-state index is 0.219. The van der Waals surface area contributed by atoms with E-state index in [1.807, 2.05) is 6.07 Å². The lowest BCUT2D eigenvalue weighted by molar-refractivity contribution is -0.526. The van der Waals surface area contributed by atoms with Gasteiger partial charge in [-0.2, -0.15) is 0 Å². The molecule has 0 bridgehead atoms. The number of carbonyl (C=O) groups excluding carboxylic acids is 1. The van der Waals surface area contributed by atoms with E-state index in [-0.39, 0.29) is 12.3 Å². The Kier molecular flexibility index (Phi) is 2.38. The Balaban J connectivity index is 2.30. The molecule has 16 heavy (non-hydrogen) atoms. The molecule has 0 spiro atoms. The maximum absolute atomic E-state index is 11.5. The molecule has 0 saturated heterocycles. The molecule has 1 aromatic rings. The van der Waals surface area contributed by atoms with E-state index in [9.17, 15) is 14.9 Å². The van der Waals surface area contributed by atoms with Crippen LogP contribution in [0, 0.1) is 10.1 Å². The fraction of sp³-hybridized carbons (Fsp3) is 0.364. The maximum Gasteiger partial charge on any atom is 0.385 e. The standard InChI is InChI=1S/C11H11NO4/c1-16-10(13)11(12(14)15)7-9(11)8-5-3-2-4-6-8/h2-6,9H,7H2,1H3/t9-,11-/m1/s1. The number of hydrogen-bond donors (Lipinski definition) is 0. The lowest BCUT2D eigenvalue weighted by Crippen LogP contribution is -2.34. The molecule has 0 amide bonds. The van der Waals surface area contributed by atoms with Crippen LogP contribution in [-0.4, -0.2) is 23.5 Å². The summed E-state index contributed by atoms with van der Waals surface area (Å²) in [5.41, 5.74) is -0.750. The highest BCUT2D eigenvalue weighted by atomic mass is 16.6. The second-order valence-corrected chi connectivity index (χ2v) is 3.84. The average Bonchev–Trinajstić information content (AvgIpc) is 3.06. The van der Waals surface area contributed by atoms with Gasteiger partial charge in [0.1, 0.15) is 0 Å². The van der Waals surface area contributed by atoms with Crippen LogP contribution in [-0.2, 0) is 9.53 Å². The van der Waals surface area contributed by atoms with Crippen LogP contribution in [0.15, 0.2) is 30.3 Å². The normalized spacial score (nSPS) is 27.2. The number of rotatable bonds is 3. The lowest BCUT2D eigenvalue weighted by Gasteiger charge is -2.06. The van der Waals surface area contributed by atoms with Crippen molar-refractivity contribution in [1.82, 2.24) is 0 Å². The van der Waals surface area contributed by atoms with Gasteiger partial charge in [0, 0.05) is 11.3 Å². The highest BCUT2D eigenvalue weighted by molar-refractivity contribution is 5.85. The molecule has 2 rings (SSSR count). The van der Waals surface area contributed by atoms with Gasteiger partial charge >= 0.3 is 11.5 Å². The molecule has 0 aromatic heterocycles. The molecule has 0 heterocycles. The summed E-state index contributed by atoms with van der Waals surface area (Å²) < 4.78 is 4.51. The Labute approximate surface area is 92.2 Å².